The predicted octanol–water partition coefficient (Wildman–Crippen LogP) is 2.88. The number of carbonyl (C=O) groups is 2. The summed E-state index contributed by atoms with van der Waals surface area (Å²) in [6, 6.07) is 9.51. The third-order valence-electron chi connectivity index (χ3n) is 8.57. The standard InChI is InChI=1S/C33H31F5N8O6/c34-31(35)52-28-5-2-22(16-41-28)24-11-20(30(50)46(44-24)18-26(48)42-32-12-19(13-32)14-32)7-9-39-25(47)17-45-29(49)6-3-23(43-45)21-1-4-27(40-15-21)51-10-8-33(36,37)38/h1-6,11,15-16,19,31H,7-10,12-14,17-18H2,(H,39,47)(H,42,48). The van der Waals surface area contributed by atoms with Crippen molar-refractivity contribution in [2.24, 2.45) is 5.92 Å². The maximum absolute atomic E-state index is 13.4. The Morgan fingerprint density at radius 1 is 0.885 bits per heavy atom. The fraction of sp³-hybridized carbons (Fsp3) is 0.394. The number of nitrogens with zero attached hydrogens (tertiary/aromatic N) is 6. The van der Waals surface area contributed by atoms with Gasteiger partial charge in [-0.3, -0.25) is 19.2 Å². The number of hydrogen-bond donors (Lipinski definition) is 2. The van der Waals surface area contributed by atoms with Crippen LogP contribution >= 0.6 is 0 Å². The second-order valence-electron chi connectivity index (χ2n) is 12.5. The van der Waals surface area contributed by atoms with Crippen LogP contribution < -0.4 is 31.2 Å². The quantitative estimate of drug-likeness (QED) is 0.173. The Balaban J connectivity index is 1.11. The van der Waals surface area contributed by atoms with E-state index in [-0.39, 0.29) is 59.7 Å². The third-order valence-corrected chi connectivity index (χ3v) is 8.57. The van der Waals surface area contributed by atoms with E-state index in [2.05, 4.69) is 35.5 Å². The van der Waals surface area contributed by atoms with E-state index in [0.29, 0.717) is 17.0 Å². The number of ether oxygens (including phenoxy) is 2. The van der Waals surface area contributed by atoms with Crippen molar-refractivity contribution in [3.8, 4) is 34.3 Å². The Hall–Kier alpha value is -5.75. The van der Waals surface area contributed by atoms with Gasteiger partial charge in [0.2, 0.25) is 23.6 Å². The molecule has 3 aliphatic rings. The molecule has 0 aliphatic heterocycles. The highest BCUT2D eigenvalue weighted by Gasteiger charge is 2.57. The molecular formula is C33H31F5N8O6. The van der Waals surface area contributed by atoms with Crippen LogP contribution in [-0.2, 0) is 29.1 Å². The minimum absolute atomic E-state index is 0.00123. The molecule has 0 unspecified atom stereocenters. The van der Waals surface area contributed by atoms with Crippen molar-refractivity contribution in [3.63, 3.8) is 0 Å². The topological polar surface area (TPSA) is 172 Å². The zero-order chi connectivity index (χ0) is 37.0. The summed E-state index contributed by atoms with van der Waals surface area (Å²) in [7, 11) is 0. The summed E-state index contributed by atoms with van der Waals surface area (Å²) in [5.41, 5.74) is 0.0355. The highest BCUT2D eigenvalue weighted by Crippen LogP contribution is 2.56. The second-order valence-corrected chi connectivity index (χ2v) is 12.5. The molecule has 4 aromatic heterocycles. The molecule has 274 valence electrons. The average Bonchev–Trinajstić information content (AvgIpc) is 3.05. The molecule has 0 spiro atoms. The largest absolute Gasteiger partial charge is 0.477 e. The lowest BCUT2D eigenvalue weighted by molar-refractivity contribution is -0.139. The molecule has 14 nitrogen and oxygen atoms in total. The summed E-state index contributed by atoms with van der Waals surface area (Å²) in [6.07, 6.45) is -0.282. The van der Waals surface area contributed by atoms with E-state index in [9.17, 15) is 41.1 Å². The van der Waals surface area contributed by atoms with Crippen molar-refractivity contribution in [1.82, 2.24) is 40.2 Å². The number of amides is 2. The molecule has 3 fully saturated rings. The smallest absolute Gasteiger partial charge is 0.392 e. The lowest BCUT2D eigenvalue weighted by Gasteiger charge is -2.61. The lowest BCUT2D eigenvalue weighted by atomic mass is 9.50. The van der Waals surface area contributed by atoms with Crippen molar-refractivity contribution >= 4 is 11.8 Å². The van der Waals surface area contributed by atoms with E-state index in [1.165, 1.54) is 54.9 Å². The van der Waals surface area contributed by atoms with Crippen LogP contribution in [0.2, 0.25) is 0 Å². The molecule has 2 N–H and O–H groups in total. The molecule has 0 saturated heterocycles. The van der Waals surface area contributed by atoms with Gasteiger partial charge in [0.15, 0.2) is 0 Å². The minimum atomic E-state index is -4.37. The van der Waals surface area contributed by atoms with Crippen LogP contribution in [0.3, 0.4) is 0 Å². The maximum Gasteiger partial charge on any atom is 0.392 e. The molecule has 4 aromatic rings. The number of halogens is 5. The Labute approximate surface area is 291 Å². The van der Waals surface area contributed by atoms with Gasteiger partial charge in [0.25, 0.3) is 11.1 Å². The van der Waals surface area contributed by atoms with E-state index < -0.39 is 49.4 Å². The zero-order valence-corrected chi connectivity index (χ0v) is 27.2. The number of alkyl halides is 5. The number of nitrogens with one attached hydrogen (secondary N) is 2. The molecule has 52 heavy (non-hydrogen) atoms. The van der Waals surface area contributed by atoms with Crippen molar-refractivity contribution in [2.75, 3.05) is 13.2 Å². The lowest BCUT2D eigenvalue weighted by Crippen LogP contribution is -2.68. The van der Waals surface area contributed by atoms with Crippen LogP contribution in [0.1, 0.15) is 31.2 Å². The van der Waals surface area contributed by atoms with Crippen molar-refractivity contribution < 1.29 is 41.0 Å². The van der Waals surface area contributed by atoms with Gasteiger partial charge in [0.05, 0.1) is 24.4 Å². The number of hydrogen-bond acceptors (Lipinski definition) is 10. The summed E-state index contributed by atoms with van der Waals surface area (Å²) in [4.78, 5) is 59.4. The Kier molecular flexibility index (Phi) is 10.3. The van der Waals surface area contributed by atoms with Crippen LogP contribution in [0.15, 0.2) is 64.4 Å². The molecule has 19 heteroatoms. The minimum Gasteiger partial charge on any atom is -0.477 e. The molecular weight excluding hydrogens is 699 g/mol. The van der Waals surface area contributed by atoms with Crippen LogP contribution in [0.4, 0.5) is 22.0 Å². The molecule has 2 bridgehead atoms. The normalized spacial score (nSPS) is 17.5. The summed E-state index contributed by atoms with van der Waals surface area (Å²) in [5.74, 6) is -0.729. The van der Waals surface area contributed by atoms with E-state index >= 15 is 0 Å². The number of pyridine rings is 2. The van der Waals surface area contributed by atoms with Crippen molar-refractivity contribution in [3.05, 3.63) is 81.1 Å². The van der Waals surface area contributed by atoms with Gasteiger partial charge in [0.1, 0.15) is 13.1 Å². The summed E-state index contributed by atoms with van der Waals surface area (Å²) in [5, 5.41) is 14.1. The number of carbonyl (C=O) groups excluding carboxylic acids is 2. The Morgan fingerprint density at radius 2 is 1.54 bits per heavy atom. The van der Waals surface area contributed by atoms with Gasteiger partial charge >= 0.3 is 12.8 Å². The maximum atomic E-state index is 13.4. The van der Waals surface area contributed by atoms with E-state index in [1.54, 1.807) is 0 Å². The van der Waals surface area contributed by atoms with Gasteiger partial charge in [-0.2, -0.15) is 32.1 Å². The fourth-order valence-electron chi connectivity index (χ4n) is 5.95. The van der Waals surface area contributed by atoms with Gasteiger partial charge in [0, 0.05) is 59.4 Å². The van der Waals surface area contributed by atoms with E-state index in [4.69, 9.17) is 4.74 Å². The summed E-state index contributed by atoms with van der Waals surface area (Å²) in [6.45, 7) is -4.57. The molecule has 0 radical (unpaired) electrons. The van der Waals surface area contributed by atoms with Crippen molar-refractivity contribution in [1.29, 1.82) is 0 Å². The molecule has 0 atom stereocenters. The molecule has 7 rings (SSSR count). The summed E-state index contributed by atoms with van der Waals surface area (Å²) < 4.78 is 73.5. The SMILES string of the molecule is O=C(Cn1nc(-c2ccc(OCCC(F)(F)F)nc2)ccc1=O)NCCc1cc(-c2ccc(OC(F)F)nc2)nn(CC(=O)NC23CC(C2)C3)c1=O. The Morgan fingerprint density at radius 3 is 2.15 bits per heavy atom. The Bertz CT molecular complexity index is 2040. The number of rotatable bonds is 15. The van der Waals surface area contributed by atoms with E-state index in [0.717, 1.165) is 28.6 Å². The number of aromatic nitrogens is 6. The van der Waals surface area contributed by atoms with Crippen LogP contribution in [-0.4, -0.2) is 72.8 Å². The highest BCUT2D eigenvalue weighted by atomic mass is 19.4. The van der Waals surface area contributed by atoms with Gasteiger partial charge in [-0.1, -0.05) is 0 Å². The molecule has 3 aliphatic carbocycles. The first-order valence-corrected chi connectivity index (χ1v) is 16.1. The van der Waals surface area contributed by atoms with Gasteiger partial charge in [-0.05, 0) is 55.9 Å². The molecule has 2 amide bonds. The zero-order valence-electron chi connectivity index (χ0n) is 27.2. The van der Waals surface area contributed by atoms with Crippen LogP contribution in [0.25, 0.3) is 22.5 Å². The monoisotopic (exact) mass is 730 g/mol. The predicted molar refractivity (Wildman–Crippen MR) is 171 cm³/mol. The first-order valence-electron chi connectivity index (χ1n) is 16.1. The third kappa shape index (κ3) is 8.93. The molecule has 4 heterocycles. The fourth-order valence-corrected chi connectivity index (χ4v) is 5.95. The van der Waals surface area contributed by atoms with Crippen LogP contribution in [0, 0.1) is 5.92 Å². The average molecular weight is 731 g/mol. The first-order chi connectivity index (χ1) is 24.7. The van der Waals surface area contributed by atoms with E-state index in [1.807, 2.05) is 0 Å². The summed E-state index contributed by atoms with van der Waals surface area (Å²) >= 11 is 0. The molecule has 0 aromatic carbocycles. The van der Waals surface area contributed by atoms with Gasteiger partial charge in [-0.25, -0.2) is 19.3 Å². The van der Waals surface area contributed by atoms with Gasteiger partial charge < -0.3 is 20.1 Å². The van der Waals surface area contributed by atoms with Gasteiger partial charge in [-0.15, -0.1) is 0 Å². The van der Waals surface area contributed by atoms with Crippen LogP contribution in [0.5, 0.6) is 11.8 Å². The first kappa shape index (κ1) is 36.1. The molecule has 3 saturated carbocycles. The highest BCUT2D eigenvalue weighted by molar-refractivity contribution is 5.77. The second kappa shape index (κ2) is 14.8. The van der Waals surface area contributed by atoms with Crippen molar-refractivity contribution in [2.45, 2.75) is 63.5 Å².